The van der Waals surface area contributed by atoms with Gasteiger partial charge in [0.25, 0.3) is 0 Å². The van der Waals surface area contributed by atoms with E-state index in [9.17, 15) is 0 Å². The number of pyridine rings is 1. The average molecular weight is 213 g/mol. The third-order valence-electron chi connectivity index (χ3n) is 3.07. The Morgan fingerprint density at radius 3 is 3.19 bits per heavy atom. The molecule has 1 atom stereocenters. The summed E-state index contributed by atoms with van der Waals surface area (Å²) in [7, 11) is 0. The molecule has 0 saturated carbocycles. The fraction of sp³-hybridized carbons (Fsp3) is 0.308. The van der Waals surface area contributed by atoms with Crippen molar-refractivity contribution in [2.45, 2.75) is 13.3 Å². The number of allylic oxidation sites excluding steroid dienone is 1. The van der Waals surface area contributed by atoms with Crippen LogP contribution in [0.3, 0.4) is 0 Å². The van der Waals surface area contributed by atoms with Crippen LogP contribution in [0.5, 0.6) is 0 Å². The molecule has 0 aromatic carbocycles. The number of rotatable bonds is 1. The van der Waals surface area contributed by atoms with E-state index in [1.165, 1.54) is 11.3 Å². The topological polar surface area (TPSA) is 29.3 Å². The van der Waals surface area contributed by atoms with Gasteiger partial charge in [0.15, 0.2) is 0 Å². The van der Waals surface area contributed by atoms with E-state index in [0.29, 0.717) is 0 Å². The van der Waals surface area contributed by atoms with Crippen LogP contribution in [-0.4, -0.2) is 15.9 Å². The minimum Gasteiger partial charge on any atom is -0.384 e. The van der Waals surface area contributed by atoms with Crippen LogP contribution in [0, 0.1) is 5.92 Å². The van der Waals surface area contributed by atoms with E-state index < -0.39 is 0 Å². The Balaban J connectivity index is 1.99. The third kappa shape index (κ3) is 1.58. The SMILES string of the molecule is CC1CC=C(c2ccc3nccn3c2)NC1. The van der Waals surface area contributed by atoms with Gasteiger partial charge in [-0.2, -0.15) is 0 Å². The predicted octanol–water partition coefficient (Wildman–Crippen LogP) is 2.30. The highest BCUT2D eigenvalue weighted by molar-refractivity contribution is 5.65. The highest BCUT2D eigenvalue weighted by Gasteiger charge is 2.10. The second-order valence-electron chi connectivity index (χ2n) is 4.45. The lowest BCUT2D eigenvalue weighted by atomic mass is 10.0. The lowest BCUT2D eigenvalue weighted by Gasteiger charge is -2.20. The molecular formula is C13H15N3. The van der Waals surface area contributed by atoms with Gasteiger partial charge < -0.3 is 9.72 Å². The van der Waals surface area contributed by atoms with Gasteiger partial charge in [-0.3, -0.25) is 0 Å². The number of fused-ring (bicyclic) bond motifs is 1. The van der Waals surface area contributed by atoms with Gasteiger partial charge in [0.05, 0.1) is 0 Å². The Hall–Kier alpha value is -1.77. The van der Waals surface area contributed by atoms with Crippen LogP contribution < -0.4 is 5.32 Å². The fourth-order valence-corrected chi connectivity index (χ4v) is 2.06. The molecule has 1 unspecified atom stereocenters. The van der Waals surface area contributed by atoms with Gasteiger partial charge >= 0.3 is 0 Å². The molecule has 0 fully saturated rings. The molecule has 3 heteroatoms. The summed E-state index contributed by atoms with van der Waals surface area (Å²) in [5.74, 6) is 0.737. The van der Waals surface area contributed by atoms with Crippen LogP contribution in [-0.2, 0) is 0 Å². The van der Waals surface area contributed by atoms with Gasteiger partial charge in [0.1, 0.15) is 5.65 Å². The largest absolute Gasteiger partial charge is 0.384 e. The van der Waals surface area contributed by atoms with Crippen molar-refractivity contribution < 1.29 is 0 Å². The van der Waals surface area contributed by atoms with Crippen LogP contribution >= 0.6 is 0 Å². The van der Waals surface area contributed by atoms with Crippen molar-refractivity contribution in [2.24, 2.45) is 5.92 Å². The molecule has 1 aliphatic heterocycles. The van der Waals surface area contributed by atoms with E-state index in [4.69, 9.17) is 0 Å². The molecule has 0 bridgehead atoms. The number of hydrogen-bond donors (Lipinski definition) is 1. The summed E-state index contributed by atoms with van der Waals surface area (Å²) in [5.41, 5.74) is 3.47. The Morgan fingerprint density at radius 1 is 1.44 bits per heavy atom. The summed E-state index contributed by atoms with van der Waals surface area (Å²) in [6.07, 6.45) is 9.36. The van der Waals surface area contributed by atoms with E-state index in [2.05, 4.69) is 46.0 Å². The zero-order chi connectivity index (χ0) is 11.0. The molecule has 1 aliphatic rings. The minimum absolute atomic E-state index is 0.737. The van der Waals surface area contributed by atoms with E-state index in [0.717, 1.165) is 24.5 Å². The molecule has 0 saturated heterocycles. The van der Waals surface area contributed by atoms with Gasteiger partial charge in [-0.25, -0.2) is 4.98 Å². The number of imidazole rings is 1. The summed E-state index contributed by atoms with van der Waals surface area (Å²) in [6.45, 7) is 3.33. The van der Waals surface area contributed by atoms with Gasteiger partial charge in [0.2, 0.25) is 0 Å². The maximum atomic E-state index is 4.24. The Labute approximate surface area is 94.8 Å². The van der Waals surface area contributed by atoms with Crippen molar-refractivity contribution in [1.29, 1.82) is 0 Å². The molecule has 2 aromatic heterocycles. The summed E-state index contributed by atoms with van der Waals surface area (Å²) < 4.78 is 2.05. The van der Waals surface area contributed by atoms with E-state index in [1.807, 2.05) is 12.4 Å². The summed E-state index contributed by atoms with van der Waals surface area (Å²) >= 11 is 0. The Kier molecular flexibility index (Phi) is 2.17. The first-order valence-corrected chi connectivity index (χ1v) is 5.70. The van der Waals surface area contributed by atoms with Gasteiger partial charge in [-0.05, 0) is 24.5 Å². The molecule has 0 amide bonds. The second-order valence-corrected chi connectivity index (χ2v) is 4.45. The summed E-state index contributed by atoms with van der Waals surface area (Å²) in [6, 6.07) is 4.17. The molecule has 0 spiro atoms. The van der Waals surface area contributed by atoms with Crippen molar-refractivity contribution in [1.82, 2.24) is 14.7 Å². The number of nitrogens with one attached hydrogen (secondary N) is 1. The quantitative estimate of drug-likeness (QED) is 0.787. The molecule has 3 nitrogen and oxygen atoms in total. The predicted molar refractivity (Wildman–Crippen MR) is 65.0 cm³/mol. The maximum Gasteiger partial charge on any atom is 0.136 e. The van der Waals surface area contributed by atoms with Crippen molar-refractivity contribution >= 4 is 11.3 Å². The van der Waals surface area contributed by atoms with Crippen molar-refractivity contribution in [3.05, 3.63) is 42.4 Å². The normalized spacial score (nSPS) is 20.6. The van der Waals surface area contributed by atoms with E-state index in [-0.39, 0.29) is 0 Å². The zero-order valence-corrected chi connectivity index (χ0v) is 9.35. The minimum atomic E-state index is 0.737. The van der Waals surface area contributed by atoms with E-state index >= 15 is 0 Å². The first-order chi connectivity index (χ1) is 7.83. The van der Waals surface area contributed by atoms with Crippen LogP contribution in [0.25, 0.3) is 11.3 Å². The molecular weight excluding hydrogens is 198 g/mol. The monoisotopic (exact) mass is 213 g/mol. The molecule has 3 rings (SSSR count). The van der Waals surface area contributed by atoms with Gasteiger partial charge in [-0.1, -0.05) is 13.0 Å². The molecule has 3 heterocycles. The van der Waals surface area contributed by atoms with Crippen LogP contribution in [0.15, 0.2) is 36.8 Å². The zero-order valence-electron chi connectivity index (χ0n) is 9.35. The van der Waals surface area contributed by atoms with Crippen LogP contribution in [0.4, 0.5) is 0 Å². The van der Waals surface area contributed by atoms with Gasteiger partial charge in [-0.15, -0.1) is 0 Å². The lowest BCUT2D eigenvalue weighted by molar-refractivity contribution is 0.549. The highest BCUT2D eigenvalue weighted by Crippen LogP contribution is 2.19. The standard InChI is InChI=1S/C13H15N3/c1-10-2-4-12(15-8-10)11-3-5-13-14-6-7-16(13)9-11/h3-7,9-10,15H,2,8H2,1H3. The van der Waals surface area contributed by atoms with Crippen LogP contribution in [0.2, 0.25) is 0 Å². The molecule has 2 aromatic rings. The summed E-state index contributed by atoms with van der Waals surface area (Å²) in [5, 5.41) is 3.47. The second kappa shape index (κ2) is 3.67. The fourth-order valence-electron chi connectivity index (χ4n) is 2.06. The van der Waals surface area contributed by atoms with Crippen molar-refractivity contribution in [2.75, 3.05) is 6.54 Å². The number of aromatic nitrogens is 2. The lowest BCUT2D eigenvalue weighted by Crippen LogP contribution is -2.23. The smallest absolute Gasteiger partial charge is 0.136 e. The maximum absolute atomic E-state index is 4.24. The molecule has 0 aliphatic carbocycles. The van der Waals surface area contributed by atoms with Crippen molar-refractivity contribution in [3.63, 3.8) is 0 Å². The van der Waals surface area contributed by atoms with Crippen LogP contribution in [0.1, 0.15) is 18.9 Å². The molecule has 82 valence electrons. The number of nitrogens with zero attached hydrogens (tertiary/aromatic N) is 2. The molecule has 1 N–H and O–H groups in total. The van der Waals surface area contributed by atoms with Crippen molar-refractivity contribution in [3.8, 4) is 0 Å². The third-order valence-corrected chi connectivity index (χ3v) is 3.07. The highest BCUT2D eigenvalue weighted by atomic mass is 15.0. The Bertz CT molecular complexity index is 539. The number of hydrogen-bond acceptors (Lipinski definition) is 2. The molecule has 0 radical (unpaired) electrons. The average Bonchev–Trinajstić information content (AvgIpc) is 2.77. The first kappa shape index (κ1) is 9.46. The molecule has 16 heavy (non-hydrogen) atoms. The summed E-state index contributed by atoms with van der Waals surface area (Å²) in [4.78, 5) is 4.24. The van der Waals surface area contributed by atoms with E-state index in [1.54, 1.807) is 0 Å². The van der Waals surface area contributed by atoms with Gasteiger partial charge in [0, 0.05) is 36.4 Å². The Morgan fingerprint density at radius 2 is 2.38 bits per heavy atom. The first-order valence-electron chi connectivity index (χ1n) is 5.70.